The molecule has 0 atom stereocenters. The maximum Gasteiger partial charge on any atom is 0.143 e. The smallest absolute Gasteiger partial charge is 0.143 e. The Kier molecular flexibility index (Phi) is 9.21. The van der Waals surface area contributed by atoms with Crippen LogP contribution in [0.5, 0.6) is 0 Å². The van der Waals surface area contributed by atoms with Crippen LogP contribution in [0.2, 0.25) is 0 Å². The molecule has 0 amide bonds. The van der Waals surface area contributed by atoms with Crippen molar-refractivity contribution in [2.24, 2.45) is 0 Å². The minimum atomic E-state index is -0.0704. The van der Waals surface area contributed by atoms with Crippen LogP contribution < -0.4 is 4.90 Å². The van der Waals surface area contributed by atoms with E-state index in [1.165, 1.54) is 76.3 Å². The van der Waals surface area contributed by atoms with E-state index in [9.17, 15) is 0 Å². The molecule has 1 aliphatic rings. The Bertz CT molecular complexity index is 2920. The molecule has 1 aromatic heterocycles. The summed E-state index contributed by atoms with van der Waals surface area (Å²) in [6, 6.07) is 64.8. The lowest BCUT2D eigenvalue weighted by atomic mass is 9.80. The van der Waals surface area contributed by atoms with Gasteiger partial charge in [0.1, 0.15) is 11.2 Å². The van der Waals surface area contributed by atoms with Crippen LogP contribution in [0.3, 0.4) is 0 Å². The minimum absolute atomic E-state index is 0.0704. The van der Waals surface area contributed by atoms with Crippen molar-refractivity contribution < 1.29 is 4.42 Å². The Morgan fingerprint density at radius 3 is 1.84 bits per heavy atom. The zero-order chi connectivity index (χ0) is 39.2. The number of hydrogen-bond acceptors (Lipinski definition) is 2. The van der Waals surface area contributed by atoms with Crippen molar-refractivity contribution in [1.29, 1.82) is 0 Å². The lowest BCUT2D eigenvalue weighted by Gasteiger charge is -2.33. The molecule has 1 aliphatic carbocycles. The van der Waals surface area contributed by atoms with E-state index in [1.54, 1.807) is 0 Å². The summed E-state index contributed by atoms with van der Waals surface area (Å²) in [5.74, 6) is 0.569. The molecular weight excluding hydrogens is 703 g/mol. The average Bonchev–Trinajstić information content (AvgIpc) is 3.66. The fourth-order valence-electron chi connectivity index (χ4n) is 9.53. The lowest BCUT2D eigenvalue weighted by molar-refractivity contribution is 0.445. The van der Waals surface area contributed by atoms with E-state index < -0.39 is 0 Å². The molecule has 2 heteroatoms. The van der Waals surface area contributed by atoms with Crippen molar-refractivity contribution >= 4 is 49.8 Å². The largest absolute Gasteiger partial charge is 0.455 e. The van der Waals surface area contributed by atoms with Gasteiger partial charge in [-0.2, -0.15) is 0 Å². The highest BCUT2D eigenvalue weighted by Crippen LogP contribution is 2.51. The number of benzene rings is 8. The molecule has 0 bridgehead atoms. The van der Waals surface area contributed by atoms with Gasteiger partial charge in [-0.15, -0.1) is 0 Å². The van der Waals surface area contributed by atoms with Crippen LogP contribution in [-0.4, -0.2) is 0 Å². The van der Waals surface area contributed by atoms with Crippen LogP contribution in [-0.2, 0) is 5.41 Å². The van der Waals surface area contributed by atoms with E-state index in [1.807, 2.05) is 0 Å². The predicted octanol–water partition coefficient (Wildman–Crippen LogP) is 16.6. The van der Waals surface area contributed by atoms with Crippen LogP contribution >= 0.6 is 0 Å². The fraction of sp³-hybridized carbons (Fsp3) is 0.179. The third-order valence-corrected chi connectivity index (χ3v) is 12.4. The SMILES string of the molecule is CC(C)(C)c1ccc(-c2ccccc2)c(N(c2ccccc2-c2cccc3c2oc2ccccc23)c2ccccc2-c2cccc3cccc(C4CCCCC4)c23)c1. The normalized spacial score (nSPS) is 13.7. The van der Waals surface area contributed by atoms with Gasteiger partial charge in [-0.3, -0.25) is 0 Å². The van der Waals surface area contributed by atoms with E-state index in [0.29, 0.717) is 5.92 Å². The Balaban J connectivity index is 1.29. The molecule has 8 aromatic carbocycles. The van der Waals surface area contributed by atoms with Gasteiger partial charge in [0.05, 0.1) is 17.1 Å². The Labute approximate surface area is 342 Å². The van der Waals surface area contributed by atoms with Crippen LogP contribution in [0.4, 0.5) is 17.1 Å². The number of furan rings is 1. The highest BCUT2D eigenvalue weighted by atomic mass is 16.3. The van der Waals surface area contributed by atoms with Crippen molar-refractivity contribution in [3.8, 4) is 33.4 Å². The van der Waals surface area contributed by atoms with Gasteiger partial charge >= 0.3 is 0 Å². The first-order valence-electron chi connectivity index (χ1n) is 21.0. The summed E-state index contributed by atoms with van der Waals surface area (Å²) in [6.07, 6.45) is 6.44. The van der Waals surface area contributed by atoms with Crippen LogP contribution in [0.25, 0.3) is 66.1 Å². The van der Waals surface area contributed by atoms with Crippen molar-refractivity contribution in [3.63, 3.8) is 0 Å². The molecule has 0 aliphatic heterocycles. The summed E-state index contributed by atoms with van der Waals surface area (Å²) in [5.41, 5.74) is 14.9. The standard InChI is InChI=1S/C56H49NO/c1-56(2,3)41-35-36-42(38-19-6-4-7-20-38)52(37-41)57(51-33-14-11-26-45(51)48-30-18-31-49-46-27-12-15-34-53(46)58-55(48)49)50-32-13-10-25-44(50)47-29-17-24-40-23-16-28-43(54(40)47)39-21-8-5-9-22-39/h4,6-7,10-20,23-37,39H,5,8-9,21-22H2,1-3H3. The summed E-state index contributed by atoms with van der Waals surface area (Å²) >= 11 is 0. The van der Waals surface area contributed by atoms with Gasteiger partial charge in [0, 0.05) is 33.0 Å². The minimum Gasteiger partial charge on any atom is -0.455 e. The lowest BCUT2D eigenvalue weighted by Crippen LogP contribution is -2.17. The van der Waals surface area contributed by atoms with Crippen molar-refractivity contribution in [2.75, 3.05) is 4.90 Å². The maximum absolute atomic E-state index is 6.73. The van der Waals surface area contributed by atoms with Crippen molar-refractivity contribution in [3.05, 3.63) is 187 Å². The first-order chi connectivity index (χ1) is 28.4. The molecule has 1 saturated carbocycles. The number of para-hydroxylation sites is 4. The summed E-state index contributed by atoms with van der Waals surface area (Å²) in [6.45, 7) is 6.93. The average molecular weight is 752 g/mol. The van der Waals surface area contributed by atoms with E-state index in [2.05, 4.69) is 202 Å². The second-order valence-corrected chi connectivity index (χ2v) is 17.1. The predicted molar refractivity (Wildman–Crippen MR) is 247 cm³/mol. The zero-order valence-electron chi connectivity index (χ0n) is 33.7. The number of hydrogen-bond donors (Lipinski definition) is 0. The van der Waals surface area contributed by atoms with E-state index in [4.69, 9.17) is 4.42 Å². The van der Waals surface area contributed by atoms with Crippen molar-refractivity contribution in [1.82, 2.24) is 0 Å². The third kappa shape index (κ3) is 6.38. The summed E-state index contributed by atoms with van der Waals surface area (Å²) in [7, 11) is 0. The number of anilines is 3. The van der Waals surface area contributed by atoms with Gasteiger partial charge in [-0.25, -0.2) is 0 Å². The monoisotopic (exact) mass is 751 g/mol. The summed E-state index contributed by atoms with van der Waals surface area (Å²) in [4.78, 5) is 2.55. The van der Waals surface area contributed by atoms with Crippen molar-refractivity contribution in [2.45, 2.75) is 64.2 Å². The molecular formula is C56H49NO. The van der Waals surface area contributed by atoms with Crippen LogP contribution in [0.15, 0.2) is 180 Å². The zero-order valence-corrected chi connectivity index (χ0v) is 33.7. The molecule has 58 heavy (non-hydrogen) atoms. The molecule has 9 aromatic rings. The first kappa shape index (κ1) is 36.0. The Hall–Kier alpha value is -6.38. The van der Waals surface area contributed by atoms with Gasteiger partial charge in [-0.05, 0) is 81.5 Å². The third-order valence-electron chi connectivity index (χ3n) is 12.4. The number of fused-ring (bicyclic) bond motifs is 4. The van der Waals surface area contributed by atoms with Gasteiger partial charge in [0.2, 0.25) is 0 Å². The van der Waals surface area contributed by atoms with E-state index in [-0.39, 0.29) is 5.41 Å². The molecule has 0 unspecified atom stereocenters. The van der Waals surface area contributed by atoms with E-state index >= 15 is 0 Å². The molecule has 0 saturated heterocycles. The number of rotatable bonds is 7. The van der Waals surface area contributed by atoms with Gasteiger partial charge in [0.15, 0.2) is 0 Å². The highest BCUT2D eigenvalue weighted by Gasteiger charge is 2.28. The van der Waals surface area contributed by atoms with Gasteiger partial charge in [-0.1, -0.05) is 192 Å². The molecule has 0 spiro atoms. The molecule has 284 valence electrons. The van der Waals surface area contributed by atoms with Crippen LogP contribution in [0, 0.1) is 0 Å². The second-order valence-electron chi connectivity index (χ2n) is 17.1. The first-order valence-corrected chi connectivity index (χ1v) is 21.0. The summed E-state index contributed by atoms with van der Waals surface area (Å²) in [5, 5.41) is 4.95. The van der Waals surface area contributed by atoms with E-state index in [0.717, 1.165) is 50.1 Å². The molecule has 0 radical (unpaired) electrons. The quantitative estimate of drug-likeness (QED) is 0.161. The van der Waals surface area contributed by atoms with Crippen LogP contribution in [0.1, 0.15) is 69.9 Å². The molecule has 1 heterocycles. The second kappa shape index (κ2) is 14.8. The number of nitrogens with zero attached hydrogens (tertiary/aromatic N) is 1. The molecule has 2 nitrogen and oxygen atoms in total. The molecule has 10 rings (SSSR count). The highest BCUT2D eigenvalue weighted by molar-refractivity contribution is 6.11. The molecule has 1 fully saturated rings. The Morgan fingerprint density at radius 2 is 1.09 bits per heavy atom. The Morgan fingerprint density at radius 1 is 0.483 bits per heavy atom. The van der Waals surface area contributed by atoms with Gasteiger partial charge in [0.25, 0.3) is 0 Å². The summed E-state index contributed by atoms with van der Waals surface area (Å²) < 4.78 is 6.73. The van der Waals surface area contributed by atoms with Gasteiger partial charge < -0.3 is 9.32 Å². The molecule has 0 N–H and O–H groups in total. The topological polar surface area (TPSA) is 16.4 Å². The maximum atomic E-state index is 6.73. The fourth-order valence-corrected chi connectivity index (χ4v) is 9.53.